The number of nitrogen functional groups attached to an aromatic ring is 1. The minimum absolute atomic E-state index is 0.218. The minimum Gasteiger partial charge on any atom is -0.399 e. The predicted octanol–water partition coefficient (Wildman–Crippen LogP) is 7.03. The number of pyridine rings is 2. The highest BCUT2D eigenvalue weighted by atomic mass is 35.5. The van der Waals surface area contributed by atoms with Crippen LogP contribution in [-0.4, -0.2) is 31.3 Å². The smallest absolute Gasteiger partial charge is 0.319 e. The van der Waals surface area contributed by atoms with E-state index in [9.17, 15) is 4.79 Å². The van der Waals surface area contributed by atoms with Gasteiger partial charge in [0, 0.05) is 63.6 Å². The average molecular weight is 558 g/mol. The molecule has 0 bridgehead atoms. The van der Waals surface area contributed by atoms with Gasteiger partial charge in [-0.05, 0) is 43.3 Å². The van der Waals surface area contributed by atoms with E-state index in [1.807, 2.05) is 107 Å². The maximum atomic E-state index is 11.6. The molecule has 4 N–H and O–H groups in total. The number of carbonyl (C=O) groups excluding carboxylic acids is 1. The van der Waals surface area contributed by atoms with Crippen LogP contribution in [0.25, 0.3) is 33.8 Å². The summed E-state index contributed by atoms with van der Waals surface area (Å²) in [6.45, 7) is 2.46. The second-order valence-electron chi connectivity index (χ2n) is 8.62. The van der Waals surface area contributed by atoms with Crippen molar-refractivity contribution in [3.63, 3.8) is 0 Å². The molecule has 0 unspecified atom stereocenters. The molecule has 0 saturated carbocycles. The van der Waals surface area contributed by atoms with Gasteiger partial charge in [-0.3, -0.25) is 8.80 Å². The summed E-state index contributed by atoms with van der Waals surface area (Å²) in [5.41, 5.74) is 12.8. The number of halogens is 2. The Hall–Kier alpha value is -4.53. The van der Waals surface area contributed by atoms with Gasteiger partial charge < -0.3 is 16.4 Å². The quantitative estimate of drug-likeness (QED) is 0.202. The lowest BCUT2D eigenvalue weighted by atomic mass is 10.1. The van der Waals surface area contributed by atoms with Crippen LogP contribution in [0, 0.1) is 0 Å². The van der Waals surface area contributed by atoms with E-state index in [2.05, 4.69) is 20.6 Å². The number of amides is 2. The Morgan fingerprint density at radius 1 is 0.821 bits per heavy atom. The predicted molar refractivity (Wildman–Crippen MR) is 158 cm³/mol. The molecular formula is C29H25Cl2N7O. The number of urea groups is 1. The number of nitrogens with two attached hydrogens (primary N) is 1. The van der Waals surface area contributed by atoms with Crippen LogP contribution in [0.5, 0.6) is 0 Å². The molecule has 0 aliphatic rings. The van der Waals surface area contributed by atoms with Gasteiger partial charge in [0.2, 0.25) is 0 Å². The molecule has 4 heterocycles. The van der Waals surface area contributed by atoms with Crippen LogP contribution in [-0.2, 0) is 0 Å². The zero-order valence-corrected chi connectivity index (χ0v) is 22.5. The van der Waals surface area contributed by atoms with E-state index >= 15 is 0 Å². The van der Waals surface area contributed by atoms with Crippen LogP contribution in [0.15, 0.2) is 97.6 Å². The molecule has 6 rings (SSSR count). The number of carbonyl (C=O) groups is 1. The Bertz CT molecular complexity index is 1780. The van der Waals surface area contributed by atoms with Gasteiger partial charge in [-0.25, -0.2) is 14.8 Å². The van der Waals surface area contributed by atoms with Crippen molar-refractivity contribution in [1.82, 2.24) is 24.1 Å². The molecule has 2 amide bonds. The van der Waals surface area contributed by atoms with Crippen LogP contribution in [0.4, 0.5) is 16.2 Å². The van der Waals surface area contributed by atoms with E-state index < -0.39 is 0 Å². The number of imidazole rings is 2. The first-order valence-electron chi connectivity index (χ1n) is 12.2. The summed E-state index contributed by atoms with van der Waals surface area (Å²) in [6, 6.07) is 22.4. The van der Waals surface area contributed by atoms with Crippen molar-refractivity contribution in [3.05, 3.63) is 108 Å². The van der Waals surface area contributed by atoms with Crippen LogP contribution >= 0.6 is 23.2 Å². The first-order valence-corrected chi connectivity index (χ1v) is 12.9. The second-order valence-corrected chi connectivity index (χ2v) is 9.50. The largest absolute Gasteiger partial charge is 0.399 e. The molecule has 0 saturated heterocycles. The van der Waals surface area contributed by atoms with E-state index in [0.29, 0.717) is 16.6 Å². The maximum Gasteiger partial charge on any atom is 0.319 e. The molecule has 0 spiro atoms. The van der Waals surface area contributed by atoms with E-state index in [-0.39, 0.29) is 6.03 Å². The van der Waals surface area contributed by atoms with Crippen molar-refractivity contribution in [2.24, 2.45) is 0 Å². The highest BCUT2D eigenvalue weighted by molar-refractivity contribution is 6.31. The number of nitrogens with zero attached hydrogens (tertiary/aromatic N) is 4. The lowest BCUT2D eigenvalue weighted by Gasteiger charge is -2.08. The Morgan fingerprint density at radius 3 is 1.95 bits per heavy atom. The molecule has 196 valence electrons. The number of aromatic nitrogens is 4. The summed E-state index contributed by atoms with van der Waals surface area (Å²) >= 11 is 11.9. The normalized spacial score (nSPS) is 10.7. The molecule has 0 fully saturated rings. The summed E-state index contributed by atoms with van der Waals surface area (Å²) in [5.74, 6) is 0. The number of fused-ring (bicyclic) bond motifs is 2. The van der Waals surface area contributed by atoms with E-state index in [0.717, 1.165) is 45.2 Å². The molecular weight excluding hydrogens is 533 g/mol. The Kier molecular flexibility index (Phi) is 7.67. The van der Waals surface area contributed by atoms with Crippen LogP contribution in [0.1, 0.15) is 6.92 Å². The van der Waals surface area contributed by atoms with Gasteiger partial charge in [0.25, 0.3) is 0 Å². The lowest BCUT2D eigenvalue weighted by Crippen LogP contribution is -2.28. The third-order valence-corrected chi connectivity index (χ3v) is 6.36. The number of benzene rings is 2. The fraction of sp³-hybridized carbons (Fsp3) is 0.0690. The van der Waals surface area contributed by atoms with Gasteiger partial charge in [-0.2, -0.15) is 0 Å². The molecule has 0 aliphatic heterocycles. The average Bonchev–Trinajstić information content (AvgIpc) is 3.53. The monoisotopic (exact) mass is 557 g/mol. The Labute approximate surface area is 235 Å². The maximum absolute atomic E-state index is 11.6. The van der Waals surface area contributed by atoms with E-state index in [1.165, 1.54) is 0 Å². The van der Waals surface area contributed by atoms with Crippen molar-refractivity contribution < 1.29 is 4.79 Å². The summed E-state index contributed by atoms with van der Waals surface area (Å²) in [4.78, 5) is 20.3. The fourth-order valence-corrected chi connectivity index (χ4v) is 4.44. The molecule has 2 aromatic carbocycles. The number of rotatable bonds is 4. The summed E-state index contributed by atoms with van der Waals surface area (Å²) < 4.78 is 3.94. The zero-order chi connectivity index (χ0) is 27.4. The third-order valence-electron chi connectivity index (χ3n) is 5.89. The Morgan fingerprint density at radius 2 is 1.38 bits per heavy atom. The lowest BCUT2D eigenvalue weighted by molar-refractivity contribution is 0.252. The van der Waals surface area contributed by atoms with Crippen molar-refractivity contribution >= 4 is 51.9 Å². The van der Waals surface area contributed by atoms with Crippen LogP contribution < -0.4 is 16.4 Å². The number of hydrogen-bond acceptors (Lipinski definition) is 4. The molecule has 4 aromatic heterocycles. The van der Waals surface area contributed by atoms with E-state index in [1.54, 1.807) is 6.20 Å². The first-order chi connectivity index (χ1) is 18.9. The number of nitrogens with one attached hydrogen (secondary N) is 2. The molecule has 0 radical (unpaired) electrons. The Balaban J connectivity index is 0.000000163. The summed E-state index contributed by atoms with van der Waals surface area (Å²) in [6.07, 6.45) is 7.39. The third kappa shape index (κ3) is 5.98. The highest BCUT2D eigenvalue weighted by Crippen LogP contribution is 2.25. The van der Waals surface area contributed by atoms with E-state index in [4.69, 9.17) is 28.9 Å². The van der Waals surface area contributed by atoms with Gasteiger partial charge in [0.05, 0.1) is 23.8 Å². The van der Waals surface area contributed by atoms with Gasteiger partial charge >= 0.3 is 6.03 Å². The summed E-state index contributed by atoms with van der Waals surface area (Å²) in [5, 5.41) is 6.84. The second kappa shape index (κ2) is 11.5. The molecule has 0 aliphatic carbocycles. The van der Waals surface area contributed by atoms with Gasteiger partial charge in [0.1, 0.15) is 11.3 Å². The van der Waals surface area contributed by atoms with Gasteiger partial charge in [-0.15, -0.1) is 0 Å². The van der Waals surface area contributed by atoms with Crippen molar-refractivity contribution in [3.8, 4) is 22.5 Å². The standard InChI is InChI=1S/C16H15ClN4O.C13H10ClN3/c1-2-18-16(22)20-13-5-3-4-11(8-13)14-10-19-15-9-12(17)6-7-21(14)15;14-10-4-5-17-12(8-16-13(17)7-10)9-2-1-3-11(15)6-9/h3-10H,2H2,1H3,(H2,18,20,22);1-8H,15H2. The van der Waals surface area contributed by atoms with Crippen molar-refractivity contribution in [2.45, 2.75) is 6.92 Å². The summed E-state index contributed by atoms with van der Waals surface area (Å²) in [7, 11) is 0. The minimum atomic E-state index is -0.218. The van der Waals surface area contributed by atoms with Gasteiger partial charge in [0.15, 0.2) is 0 Å². The molecule has 0 atom stereocenters. The molecule has 10 heteroatoms. The topological polar surface area (TPSA) is 102 Å². The van der Waals surface area contributed by atoms with Crippen LogP contribution in [0.2, 0.25) is 10.0 Å². The number of hydrogen-bond donors (Lipinski definition) is 3. The van der Waals surface area contributed by atoms with Crippen molar-refractivity contribution in [1.29, 1.82) is 0 Å². The molecule has 8 nitrogen and oxygen atoms in total. The highest BCUT2D eigenvalue weighted by Gasteiger charge is 2.08. The van der Waals surface area contributed by atoms with Gasteiger partial charge in [-0.1, -0.05) is 47.5 Å². The van der Waals surface area contributed by atoms with Crippen LogP contribution in [0.3, 0.4) is 0 Å². The SMILES string of the molecule is CCNC(=O)Nc1cccc(-c2cnc3cc(Cl)ccn23)c1.Nc1cccc(-c2cnc3cc(Cl)ccn23)c1. The van der Waals surface area contributed by atoms with Crippen molar-refractivity contribution in [2.75, 3.05) is 17.6 Å². The molecule has 39 heavy (non-hydrogen) atoms. The number of anilines is 2. The zero-order valence-electron chi connectivity index (χ0n) is 21.0. The molecule has 6 aromatic rings. The fourth-order valence-electron chi connectivity index (χ4n) is 4.13. The first kappa shape index (κ1) is 26.1.